The lowest BCUT2D eigenvalue weighted by atomic mass is 10.2. The molecule has 5 heteroatoms. The van der Waals surface area contributed by atoms with E-state index in [2.05, 4.69) is 0 Å². The Morgan fingerprint density at radius 3 is 2.88 bits per heavy atom. The molecule has 2 rings (SSSR count). The van der Waals surface area contributed by atoms with Gasteiger partial charge < -0.3 is 9.52 Å². The molecule has 1 aromatic heterocycles. The number of hydrogen-bond donors (Lipinski definition) is 1. The number of thioether (sulfide) groups is 1. The summed E-state index contributed by atoms with van der Waals surface area (Å²) >= 11 is 0.991. The van der Waals surface area contributed by atoms with Crippen molar-refractivity contribution in [3.05, 3.63) is 40.6 Å². The van der Waals surface area contributed by atoms with Gasteiger partial charge in [0.15, 0.2) is 10.5 Å². The Bertz CT molecular complexity index is 588. The Kier molecular flexibility index (Phi) is 2.96. The molecule has 0 atom stereocenters. The molecule has 0 aliphatic heterocycles. The Morgan fingerprint density at radius 2 is 2.12 bits per heavy atom. The predicted octanol–water partition coefficient (Wildman–Crippen LogP) is 1.97. The normalized spacial score (nSPS) is 10.5. The topological polar surface area (TPSA) is 67.5 Å². The summed E-state index contributed by atoms with van der Waals surface area (Å²) in [6.45, 7) is 0. The van der Waals surface area contributed by atoms with E-state index in [1.54, 1.807) is 24.3 Å². The van der Waals surface area contributed by atoms with Crippen molar-refractivity contribution in [1.82, 2.24) is 0 Å². The van der Waals surface area contributed by atoms with Gasteiger partial charge in [0.2, 0.25) is 0 Å². The Morgan fingerprint density at radius 1 is 1.38 bits per heavy atom. The van der Waals surface area contributed by atoms with E-state index >= 15 is 0 Å². The van der Waals surface area contributed by atoms with Crippen LogP contribution in [0.4, 0.5) is 0 Å². The summed E-state index contributed by atoms with van der Waals surface area (Å²) in [5.74, 6) is -1.07. The number of benzene rings is 1. The lowest BCUT2D eigenvalue weighted by Crippen LogP contribution is -2.02. The van der Waals surface area contributed by atoms with Gasteiger partial charge in [0, 0.05) is 6.07 Å². The summed E-state index contributed by atoms with van der Waals surface area (Å²) in [4.78, 5) is 22.0. The van der Waals surface area contributed by atoms with Gasteiger partial charge in [-0.1, -0.05) is 23.9 Å². The fourth-order valence-corrected chi connectivity index (χ4v) is 1.89. The van der Waals surface area contributed by atoms with Crippen molar-refractivity contribution < 1.29 is 14.3 Å². The summed E-state index contributed by atoms with van der Waals surface area (Å²) in [7, 11) is 0. The monoisotopic (exact) mass is 236 g/mol. The second-order valence-electron chi connectivity index (χ2n) is 3.11. The van der Waals surface area contributed by atoms with Crippen LogP contribution < -0.4 is 5.43 Å². The van der Waals surface area contributed by atoms with Gasteiger partial charge in [-0.3, -0.25) is 9.59 Å². The molecule has 0 unspecified atom stereocenters. The number of aliphatic carboxylic acids is 1. The Labute approximate surface area is 94.9 Å². The highest BCUT2D eigenvalue weighted by Crippen LogP contribution is 2.20. The van der Waals surface area contributed by atoms with Crippen molar-refractivity contribution in [3.8, 4) is 0 Å². The van der Waals surface area contributed by atoms with Gasteiger partial charge in [-0.05, 0) is 12.1 Å². The lowest BCUT2D eigenvalue weighted by Gasteiger charge is -2.00. The zero-order valence-corrected chi connectivity index (χ0v) is 8.99. The number of carbonyl (C=O) groups is 1. The van der Waals surface area contributed by atoms with Crippen LogP contribution in [-0.4, -0.2) is 16.8 Å². The molecule has 0 radical (unpaired) electrons. The maximum absolute atomic E-state index is 11.6. The summed E-state index contributed by atoms with van der Waals surface area (Å²) in [5, 5.41) is 9.34. The summed E-state index contributed by atoms with van der Waals surface area (Å²) in [6.07, 6.45) is 0. The molecule has 0 aliphatic carbocycles. The summed E-state index contributed by atoms with van der Waals surface area (Å²) < 4.78 is 5.39. The zero-order valence-electron chi connectivity index (χ0n) is 8.17. The minimum absolute atomic E-state index is 0.124. The molecular weight excluding hydrogens is 228 g/mol. The number of carboxylic acids is 1. The van der Waals surface area contributed by atoms with Crippen molar-refractivity contribution >= 4 is 28.7 Å². The summed E-state index contributed by atoms with van der Waals surface area (Å²) in [5.41, 5.74) is 0.317. The van der Waals surface area contributed by atoms with Crippen LogP contribution in [0, 0.1) is 0 Å². The van der Waals surface area contributed by atoms with Crippen LogP contribution in [-0.2, 0) is 4.79 Å². The second-order valence-corrected chi connectivity index (χ2v) is 4.09. The molecule has 0 aliphatic rings. The molecule has 0 saturated carbocycles. The van der Waals surface area contributed by atoms with Crippen molar-refractivity contribution in [2.24, 2.45) is 0 Å². The molecule has 0 fully saturated rings. The molecule has 16 heavy (non-hydrogen) atoms. The van der Waals surface area contributed by atoms with E-state index in [1.807, 2.05) is 0 Å². The molecular formula is C11H8O4S. The minimum atomic E-state index is -0.944. The van der Waals surface area contributed by atoms with Gasteiger partial charge in [-0.25, -0.2) is 0 Å². The average Bonchev–Trinajstić information content (AvgIpc) is 2.26. The number of hydrogen-bond acceptors (Lipinski definition) is 4. The molecule has 2 aromatic rings. The van der Waals surface area contributed by atoms with Crippen LogP contribution in [0.3, 0.4) is 0 Å². The largest absolute Gasteiger partial charge is 0.481 e. The van der Waals surface area contributed by atoms with E-state index in [1.165, 1.54) is 6.07 Å². The standard InChI is InChI=1S/C11H8O4S/c12-8-5-11(16-6-10(13)14)15-9-4-2-1-3-7(8)9/h1-5H,6H2,(H,13,14). The maximum atomic E-state index is 11.6. The fourth-order valence-electron chi connectivity index (χ4n) is 1.29. The molecule has 4 nitrogen and oxygen atoms in total. The Balaban J connectivity index is 2.42. The zero-order chi connectivity index (χ0) is 11.5. The van der Waals surface area contributed by atoms with Gasteiger partial charge in [0.05, 0.1) is 11.1 Å². The van der Waals surface area contributed by atoms with Crippen molar-refractivity contribution in [2.45, 2.75) is 5.09 Å². The SMILES string of the molecule is O=C(O)CSc1cc(=O)c2ccccc2o1. The molecule has 1 aromatic carbocycles. The average molecular weight is 236 g/mol. The molecule has 0 bridgehead atoms. The third kappa shape index (κ3) is 2.25. The third-order valence-electron chi connectivity index (χ3n) is 1.95. The highest BCUT2D eigenvalue weighted by molar-refractivity contribution is 7.99. The highest BCUT2D eigenvalue weighted by atomic mass is 32.2. The quantitative estimate of drug-likeness (QED) is 0.825. The van der Waals surface area contributed by atoms with E-state index in [0.717, 1.165) is 11.8 Å². The third-order valence-corrected chi connectivity index (χ3v) is 2.83. The van der Waals surface area contributed by atoms with Crippen LogP contribution in [0.2, 0.25) is 0 Å². The first-order valence-electron chi connectivity index (χ1n) is 4.54. The minimum Gasteiger partial charge on any atom is -0.481 e. The van der Waals surface area contributed by atoms with Crippen LogP contribution in [0.25, 0.3) is 11.0 Å². The maximum Gasteiger partial charge on any atom is 0.313 e. The van der Waals surface area contributed by atoms with Gasteiger partial charge in [-0.2, -0.15) is 0 Å². The smallest absolute Gasteiger partial charge is 0.313 e. The van der Waals surface area contributed by atoms with E-state index in [-0.39, 0.29) is 11.2 Å². The van der Waals surface area contributed by atoms with E-state index in [4.69, 9.17) is 9.52 Å². The van der Waals surface area contributed by atoms with Crippen LogP contribution in [0.1, 0.15) is 0 Å². The second kappa shape index (κ2) is 4.40. The first-order valence-corrected chi connectivity index (χ1v) is 5.53. The van der Waals surface area contributed by atoms with Gasteiger partial charge in [0.25, 0.3) is 0 Å². The van der Waals surface area contributed by atoms with Gasteiger partial charge in [0.1, 0.15) is 5.58 Å². The first kappa shape index (κ1) is 10.8. The molecule has 0 spiro atoms. The molecule has 0 saturated heterocycles. The van der Waals surface area contributed by atoms with Gasteiger partial charge in [-0.15, -0.1) is 0 Å². The van der Waals surface area contributed by atoms with E-state index in [9.17, 15) is 9.59 Å². The number of fused-ring (bicyclic) bond motifs is 1. The lowest BCUT2D eigenvalue weighted by molar-refractivity contribution is -0.133. The number of para-hydroxylation sites is 1. The van der Waals surface area contributed by atoms with Crippen LogP contribution in [0.5, 0.6) is 0 Å². The van der Waals surface area contributed by atoms with Crippen molar-refractivity contribution in [3.63, 3.8) is 0 Å². The first-order chi connectivity index (χ1) is 7.66. The van der Waals surface area contributed by atoms with Crippen LogP contribution in [0.15, 0.2) is 44.6 Å². The molecule has 1 heterocycles. The number of carboxylic acid groups (broad SMARTS) is 1. The van der Waals surface area contributed by atoms with E-state index in [0.29, 0.717) is 16.1 Å². The summed E-state index contributed by atoms with van der Waals surface area (Å²) in [6, 6.07) is 8.19. The van der Waals surface area contributed by atoms with Gasteiger partial charge >= 0.3 is 5.97 Å². The highest BCUT2D eigenvalue weighted by Gasteiger charge is 2.06. The van der Waals surface area contributed by atoms with Crippen molar-refractivity contribution in [1.29, 1.82) is 0 Å². The predicted molar refractivity (Wildman–Crippen MR) is 60.8 cm³/mol. The number of rotatable bonds is 3. The molecule has 82 valence electrons. The molecule has 0 amide bonds. The van der Waals surface area contributed by atoms with Crippen LogP contribution >= 0.6 is 11.8 Å². The fraction of sp³-hybridized carbons (Fsp3) is 0.0909. The Hall–Kier alpha value is -1.75. The van der Waals surface area contributed by atoms with Crippen molar-refractivity contribution in [2.75, 3.05) is 5.75 Å². The van der Waals surface area contributed by atoms with E-state index < -0.39 is 5.97 Å². The molecule has 1 N–H and O–H groups in total.